The van der Waals surface area contributed by atoms with Crippen LogP contribution in [-0.4, -0.2) is 22.3 Å². The average Bonchev–Trinajstić information content (AvgIpc) is 3.20. The highest BCUT2D eigenvalue weighted by molar-refractivity contribution is 6.30. The highest BCUT2D eigenvalue weighted by atomic mass is 35.5. The van der Waals surface area contributed by atoms with Crippen LogP contribution in [0.4, 0.5) is 5.82 Å². The van der Waals surface area contributed by atoms with E-state index in [0.717, 1.165) is 11.3 Å². The number of rotatable bonds is 6. The first-order valence-electron chi connectivity index (χ1n) is 7.35. The largest absolute Gasteiger partial charge is 0.483 e. The molecule has 0 fully saturated rings. The van der Waals surface area contributed by atoms with Gasteiger partial charge in [-0.15, -0.1) is 0 Å². The Hall–Kier alpha value is -2.73. The predicted molar refractivity (Wildman–Crippen MR) is 90.4 cm³/mol. The normalized spacial score (nSPS) is 10.6. The van der Waals surface area contributed by atoms with Crippen LogP contribution in [0.3, 0.4) is 0 Å². The molecule has 0 aliphatic heterocycles. The SMILES string of the molecule is Cc1cc(Cl)ccc1OCC(=O)Nc1ccnn1Cc1ccco1. The summed E-state index contributed by atoms with van der Waals surface area (Å²) in [5.41, 5.74) is 0.873. The maximum absolute atomic E-state index is 12.1. The molecule has 0 saturated heterocycles. The fourth-order valence-corrected chi connectivity index (χ4v) is 2.44. The number of ether oxygens (including phenoxy) is 1. The van der Waals surface area contributed by atoms with Crippen molar-refractivity contribution in [1.82, 2.24) is 9.78 Å². The number of carbonyl (C=O) groups is 1. The van der Waals surface area contributed by atoms with Crippen LogP contribution in [0.5, 0.6) is 5.75 Å². The van der Waals surface area contributed by atoms with Crippen LogP contribution < -0.4 is 10.1 Å². The number of hydrogen-bond acceptors (Lipinski definition) is 4. The van der Waals surface area contributed by atoms with Crippen LogP contribution in [0.1, 0.15) is 11.3 Å². The van der Waals surface area contributed by atoms with E-state index in [4.69, 9.17) is 20.8 Å². The van der Waals surface area contributed by atoms with E-state index in [1.54, 1.807) is 47.5 Å². The van der Waals surface area contributed by atoms with Crippen molar-refractivity contribution in [2.45, 2.75) is 13.5 Å². The van der Waals surface area contributed by atoms with Gasteiger partial charge in [-0.05, 0) is 42.8 Å². The molecule has 0 aliphatic rings. The molecule has 2 heterocycles. The van der Waals surface area contributed by atoms with Gasteiger partial charge in [-0.25, -0.2) is 4.68 Å². The lowest BCUT2D eigenvalue weighted by atomic mass is 10.2. The van der Waals surface area contributed by atoms with Gasteiger partial charge in [-0.1, -0.05) is 11.6 Å². The lowest BCUT2D eigenvalue weighted by Crippen LogP contribution is -2.22. The number of amides is 1. The van der Waals surface area contributed by atoms with Crippen LogP contribution in [0.2, 0.25) is 5.02 Å². The second kappa shape index (κ2) is 7.23. The Bertz CT molecular complexity index is 827. The molecule has 1 aromatic carbocycles. The zero-order valence-corrected chi connectivity index (χ0v) is 13.8. The van der Waals surface area contributed by atoms with Gasteiger partial charge in [-0.2, -0.15) is 5.10 Å². The Morgan fingerprint density at radius 1 is 1.38 bits per heavy atom. The average molecular weight is 346 g/mol. The van der Waals surface area contributed by atoms with E-state index in [9.17, 15) is 4.79 Å². The van der Waals surface area contributed by atoms with Crippen LogP contribution in [0.15, 0.2) is 53.3 Å². The third-order valence-electron chi connectivity index (χ3n) is 3.37. The number of anilines is 1. The number of furan rings is 1. The van der Waals surface area contributed by atoms with Crippen molar-refractivity contribution in [3.63, 3.8) is 0 Å². The molecule has 3 rings (SSSR count). The summed E-state index contributed by atoms with van der Waals surface area (Å²) in [6.07, 6.45) is 3.21. The number of halogens is 1. The van der Waals surface area contributed by atoms with Crippen LogP contribution in [-0.2, 0) is 11.3 Å². The molecule has 3 aromatic rings. The second-order valence-electron chi connectivity index (χ2n) is 5.20. The maximum atomic E-state index is 12.1. The molecule has 7 heteroatoms. The van der Waals surface area contributed by atoms with Gasteiger partial charge in [0.1, 0.15) is 23.9 Å². The molecule has 124 valence electrons. The quantitative estimate of drug-likeness (QED) is 0.742. The molecule has 0 radical (unpaired) electrons. The molecule has 0 bridgehead atoms. The highest BCUT2D eigenvalue weighted by Crippen LogP contribution is 2.21. The Morgan fingerprint density at radius 2 is 2.25 bits per heavy atom. The Kier molecular flexibility index (Phi) is 4.86. The molecular weight excluding hydrogens is 330 g/mol. The van der Waals surface area contributed by atoms with Gasteiger partial charge in [0, 0.05) is 11.1 Å². The van der Waals surface area contributed by atoms with Gasteiger partial charge < -0.3 is 14.5 Å². The highest BCUT2D eigenvalue weighted by Gasteiger charge is 2.10. The van der Waals surface area contributed by atoms with Crippen molar-refractivity contribution in [1.29, 1.82) is 0 Å². The van der Waals surface area contributed by atoms with E-state index in [2.05, 4.69) is 10.4 Å². The minimum Gasteiger partial charge on any atom is -0.483 e. The zero-order chi connectivity index (χ0) is 16.9. The summed E-state index contributed by atoms with van der Waals surface area (Å²) in [6, 6.07) is 10.6. The molecular formula is C17H16ClN3O3. The molecule has 0 aliphatic carbocycles. The smallest absolute Gasteiger partial charge is 0.263 e. The number of nitrogens with zero attached hydrogens (tertiary/aromatic N) is 2. The van der Waals surface area contributed by atoms with E-state index in [1.165, 1.54) is 0 Å². The van der Waals surface area contributed by atoms with E-state index < -0.39 is 0 Å². The van der Waals surface area contributed by atoms with Gasteiger partial charge in [0.05, 0.1) is 12.5 Å². The minimum absolute atomic E-state index is 0.103. The molecule has 0 unspecified atom stereocenters. The first-order chi connectivity index (χ1) is 11.6. The Balaban J connectivity index is 1.58. The van der Waals surface area contributed by atoms with Crippen molar-refractivity contribution in [3.05, 3.63) is 65.2 Å². The Labute approximate surface area is 144 Å². The first-order valence-corrected chi connectivity index (χ1v) is 7.72. The van der Waals surface area contributed by atoms with Crippen molar-refractivity contribution in [2.24, 2.45) is 0 Å². The van der Waals surface area contributed by atoms with Crippen molar-refractivity contribution in [2.75, 3.05) is 11.9 Å². The molecule has 2 aromatic heterocycles. The molecule has 1 amide bonds. The lowest BCUT2D eigenvalue weighted by Gasteiger charge is -2.10. The summed E-state index contributed by atoms with van der Waals surface area (Å²) < 4.78 is 12.5. The van der Waals surface area contributed by atoms with Gasteiger partial charge in [0.15, 0.2) is 6.61 Å². The van der Waals surface area contributed by atoms with Crippen LogP contribution >= 0.6 is 11.6 Å². The van der Waals surface area contributed by atoms with Gasteiger partial charge >= 0.3 is 0 Å². The summed E-state index contributed by atoms with van der Waals surface area (Å²) in [5, 5.41) is 7.58. The molecule has 6 nitrogen and oxygen atoms in total. The van der Waals surface area contributed by atoms with Gasteiger partial charge in [0.25, 0.3) is 5.91 Å². The molecule has 1 N–H and O–H groups in total. The van der Waals surface area contributed by atoms with E-state index in [1.807, 2.05) is 13.0 Å². The number of aromatic nitrogens is 2. The van der Waals surface area contributed by atoms with Crippen molar-refractivity contribution >= 4 is 23.3 Å². The van der Waals surface area contributed by atoms with E-state index in [-0.39, 0.29) is 12.5 Å². The predicted octanol–water partition coefficient (Wildman–Crippen LogP) is 3.50. The summed E-state index contributed by atoms with van der Waals surface area (Å²) >= 11 is 5.90. The topological polar surface area (TPSA) is 69.3 Å². The zero-order valence-electron chi connectivity index (χ0n) is 13.0. The molecule has 0 atom stereocenters. The first kappa shape index (κ1) is 16.1. The van der Waals surface area contributed by atoms with Crippen LogP contribution in [0, 0.1) is 6.92 Å². The Morgan fingerprint density at radius 3 is 3.00 bits per heavy atom. The standard InChI is InChI=1S/C17H16ClN3O3/c1-12-9-13(18)4-5-15(12)24-11-17(22)20-16-6-7-19-21(16)10-14-3-2-8-23-14/h2-9H,10-11H2,1H3,(H,20,22). The van der Waals surface area contributed by atoms with E-state index >= 15 is 0 Å². The third-order valence-corrected chi connectivity index (χ3v) is 3.60. The minimum atomic E-state index is -0.273. The second-order valence-corrected chi connectivity index (χ2v) is 5.64. The monoisotopic (exact) mass is 345 g/mol. The maximum Gasteiger partial charge on any atom is 0.263 e. The number of carbonyl (C=O) groups excluding carboxylic acids is 1. The summed E-state index contributed by atoms with van der Waals surface area (Å²) in [5.74, 6) is 1.68. The summed E-state index contributed by atoms with van der Waals surface area (Å²) in [4.78, 5) is 12.1. The number of benzene rings is 1. The van der Waals surface area contributed by atoms with Crippen molar-refractivity contribution < 1.29 is 13.9 Å². The van der Waals surface area contributed by atoms with Crippen LogP contribution in [0.25, 0.3) is 0 Å². The molecule has 0 spiro atoms. The van der Waals surface area contributed by atoms with Gasteiger partial charge in [0.2, 0.25) is 0 Å². The fraction of sp³-hybridized carbons (Fsp3) is 0.176. The molecule has 0 saturated carbocycles. The number of aryl methyl sites for hydroxylation is 1. The third kappa shape index (κ3) is 3.97. The fourth-order valence-electron chi connectivity index (χ4n) is 2.21. The summed E-state index contributed by atoms with van der Waals surface area (Å²) in [7, 11) is 0. The number of hydrogen-bond donors (Lipinski definition) is 1. The lowest BCUT2D eigenvalue weighted by molar-refractivity contribution is -0.118. The van der Waals surface area contributed by atoms with Gasteiger partial charge in [-0.3, -0.25) is 4.79 Å². The van der Waals surface area contributed by atoms with E-state index in [0.29, 0.717) is 23.1 Å². The van der Waals surface area contributed by atoms with Crippen molar-refractivity contribution in [3.8, 4) is 5.75 Å². The number of nitrogens with one attached hydrogen (secondary N) is 1. The molecule has 24 heavy (non-hydrogen) atoms. The summed E-state index contributed by atoms with van der Waals surface area (Å²) in [6.45, 7) is 2.21.